The van der Waals surface area contributed by atoms with Gasteiger partial charge in [0.15, 0.2) is 5.78 Å². The first kappa shape index (κ1) is 18.0. The van der Waals surface area contributed by atoms with Crippen molar-refractivity contribution in [2.75, 3.05) is 4.72 Å². The molecular weight excluding hydrogens is 326 g/mol. The molecule has 24 heavy (non-hydrogen) atoms. The molecule has 0 amide bonds. The molecule has 6 heteroatoms. The largest absolute Gasteiger partial charge is 0.491 e. The number of hydrogen-bond donors (Lipinski definition) is 1. The van der Waals surface area contributed by atoms with Gasteiger partial charge in [0, 0.05) is 11.3 Å². The summed E-state index contributed by atoms with van der Waals surface area (Å²) < 4.78 is 33.0. The second-order valence-electron chi connectivity index (χ2n) is 5.83. The fourth-order valence-electron chi connectivity index (χ4n) is 2.18. The van der Waals surface area contributed by atoms with Crippen LogP contribution in [0.15, 0.2) is 47.4 Å². The van der Waals surface area contributed by atoms with Crippen LogP contribution in [-0.2, 0) is 10.0 Å². The summed E-state index contributed by atoms with van der Waals surface area (Å²) in [6.45, 7) is 7.16. The molecule has 2 aromatic carbocycles. The van der Waals surface area contributed by atoms with Crippen LogP contribution < -0.4 is 9.46 Å². The Bertz CT molecular complexity index is 840. The maximum atomic E-state index is 12.4. The molecule has 0 saturated carbocycles. The maximum absolute atomic E-state index is 12.4. The van der Waals surface area contributed by atoms with Crippen LogP contribution in [0, 0.1) is 6.92 Å². The van der Waals surface area contributed by atoms with Gasteiger partial charge in [0.05, 0.1) is 11.0 Å². The first-order valence-electron chi connectivity index (χ1n) is 7.60. The lowest BCUT2D eigenvalue weighted by Crippen LogP contribution is -2.13. The summed E-state index contributed by atoms with van der Waals surface area (Å²) in [7, 11) is -3.71. The van der Waals surface area contributed by atoms with E-state index in [-0.39, 0.29) is 16.8 Å². The van der Waals surface area contributed by atoms with Crippen molar-refractivity contribution in [1.82, 2.24) is 0 Å². The summed E-state index contributed by atoms with van der Waals surface area (Å²) in [6.07, 6.45) is 0.0473. The number of sulfonamides is 1. The van der Waals surface area contributed by atoms with Crippen molar-refractivity contribution in [2.24, 2.45) is 0 Å². The summed E-state index contributed by atoms with van der Waals surface area (Å²) in [6, 6.07) is 11.0. The lowest BCUT2D eigenvalue weighted by molar-refractivity contribution is 0.101. The number of Topliss-reactive ketones (excluding diaryl/α,β-unsaturated/α-hetero) is 1. The summed E-state index contributed by atoms with van der Waals surface area (Å²) in [5.41, 5.74) is 1.77. The van der Waals surface area contributed by atoms with Gasteiger partial charge >= 0.3 is 0 Å². The van der Waals surface area contributed by atoms with Crippen LogP contribution in [0.1, 0.15) is 36.7 Å². The summed E-state index contributed by atoms with van der Waals surface area (Å²) in [5.74, 6) is 0.613. The highest BCUT2D eigenvalue weighted by molar-refractivity contribution is 7.92. The smallest absolute Gasteiger partial charge is 0.261 e. The number of hydrogen-bond acceptors (Lipinski definition) is 4. The molecule has 0 bridgehead atoms. The van der Waals surface area contributed by atoms with E-state index in [1.165, 1.54) is 31.2 Å². The molecule has 2 rings (SSSR count). The van der Waals surface area contributed by atoms with Crippen molar-refractivity contribution in [3.8, 4) is 5.75 Å². The summed E-state index contributed by atoms with van der Waals surface area (Å²) >= 11 is 0. The fourth-order valence-corrected chi connectivity index (χ4v) is 3.23. The number of aryl methyl sites for hydroxylation is 1. The van der Waals surface area contributed by atoms with E-state index in [1.54, 1.807) is 18.2 Å². The lowest BCUT2D eigenvalue weighted by Gasteiger charge is -2.14. The van der Waals surface area contributed by atoms with Crippen molar-refractivity contribution in [3.05, 3.63) is 53.6 Å². The Hall–Kier alpha value is -2.34. The van der Waals surface area contributed by atoms with Crippen molar-refractivity contribution in [2.45, 2.75) is 38.7 Å². The van der Waals surface area contributed by atoms with Gasteiger partial charge in [-0.2, -0.15) is 0 Å². The Morgan fingerprint density at radius 2 is 1.71 bits per heavy atom. The average molecular weight is 347 g/mol. The van der Waals surface area contributed by atoms with E-state index < -0.39 is 10.0 Å². The van der Waals surface area contributed by atoms with Crippen LogP contribution >= 0.6 is 0 Å². The van der Waals surface area contributed by atoms with E-state index in [2.05, 4.69) is 4.72 Å². The summed E-state index contributed by atoms with van der Waals surface area (Å²) in [4.78, 5) is 11.4. The molecule has 0 atom stereocenters. The minimum Gasteiger partial charge on any atom is -0.491 e. The number of rotatable bonds is 6. The van der Waals surface area contributed by atoms with E-state index >= 15 is 0 Å². The van der Waals surface area contributed by atoms with E-state index in [1.807, 2.05) is 20.8 Å². The SMILES string of the molecule is CC(=O)c1ccc(S(=O)(=O)Nc2ccc(OC(C)C)c(C)c2)cc1. The normalized spacial score (nSPS) is 11.4. The first-order chi connectivity index (χ1) is 11.2. The molecule has 0 aliphatic heterocycles. The number of ether oxygens (including phenoxy) is 1. The quantitative estimate of drug-likeness (QED) is 0.807. The number of ketones is 1. The molecule has 0 aliphatic carbocycles. The van der Waals surface area contributed by atoms with Crippen LogP contribution in [0.25, 0.3) is 0 Å². The second kappa shape index (κ2) is 7.05. The van der Waals surface area contributed by atoms with E-state index in [0.29, 0.717) is 11.3 Å². The van der Waals surface area contributed by atoms with Crippen molar-refractivity contribution in [3.63, 3.8) is 0 Å². The fraction of sp³-hybridized carbons (Fsp3) is 0.278. The number of carbonyl (C=O) groups is 1. The highest BCUT2D eigenvalue weighted by atomic mass is 32.2. The number of nitrogens with one attached hydrogen (secondary N) is 1. The average Bonchev–Trinajstić information content (AvgIpc) is 2.49. The third kappa shape index (κ3) is 4.35. The van der Waals surface area contributed by atoms with Crippen LogP contribution in [0.5, 0.6) is 5.75 Å². The van der Waals surface area contributed by atoms with Gasteiger partial charge in [0.2, 0.25) is 0 Å². The monoisotopic (exact) mass is 347 g/mol. The van der Waals surface area contributed by atoms with Gasteiger partial charge in [-0.15, -0.1) is 0 Å². The highest BCUT2D eigenvalue weighted by Crippen LogP contribution is 2.25. The Morgan fingerprint density at radius 3 is 2.21 bits per heavy atom. The van der Waals surface area contributed by atoms with Crippen molar-refractivity contribution < 1.29 is 17.9 Å². The van der Waals surface area contributed by atoms with Gasteiger partial charge < -0.3 is 4.74 Å². The molecular formula is C18H21NO4S. The molecule has 0 aromatic heterocycles. The van der Waals surface area contributed by atoms with E-state index in [9.17, 15) is 13.2 Å². The maximum Gasteiger partial charge on any atom is 0.261 e. The first-order valence-corrected chi connectivity index (χ1v) is 9.08. The van der Waals surface area contributed by atoms with Gasteiger partial charge in [0.25, 0.3) is 10.0 Å². The molecule has 0 saturated heterocycles. The van der Waals surface area contributed by atoms with Crippen LogP contribution in [-0.4, -0.2) is 20.3 Å². The lowest BCUT2D eigenvalue weighted by atomic mass is 10.2. The standard InChI is InChI=1S/C18H21NO4S/c1-12(2)23-18-10-7-16(11-13(18)3)19-24(21,22)17-8-5-15(6-9-17)14(4)20/h5-12,19H,1-4H3. The third-order valence-corrected chi connectivity index (χ3v) is 4.76. The number of carbonyl (C=O) groups excluding carboxylic acids is 1. The Morgan fingerprint density at radius 1 is 1.08 bits per heavy atom. The van der Waals surface area contributed by atoms with Crippen LogP contribution in [0.2, 0.25) is 0 Å². The summed E-state index contributed by atoms with van der Waals surface area (Å²) in [5, 5.41) is 0. The Labute approximate surface area is 142 Å². The predicted molar refractivity (Wildman–Crippen MR) is 94.2 cm³/mol. The molecule has 2 aromatic rings. The molecule has 1 N–H and O–H groups in total. The molecule has 0 radical (unpaired) electrons. The van der Waals surface area contributed by atoms with Crippen molar-refractivity contribution >= 4 is 21.5 Å². The number of anilines is 1. The van der Waals surface area contributed by atoms with Crippen LogP contribution in [0.4, 0.5) is 5.69 Å². The predicted octanol–water partition coefficient (Wildman–Crippen LogP) is 3.79. The molecule has 0 spiro atoms. The molecule has 5 nitrogen and oxygen atoms in total. The minimum atomic E-state index is -3.71. The minimum absolute atomic E-state index is 0.0473. The number of benzene rings is 2. The van der Waals surface area contributed by atoms with Crippen LogP contribution in [0.3, 0.4) is 0 Å². The zero-order chi connectivity index (χ0) is 17.9. The Kier molecular flexibility index (Phi) is 5.29. The second-order valence-corrected chi connectivity index (χ2v) is 7.52. The Balaban J connectivity index is 2.22. The van der Waals surface area contributed by atoms with E-state index in [0.717, 1.165) is 11.3 Å². The zero-order valence-electron chi connectivity index (χ0n) is 14.2. The van der Waals surface area contributed by atoms with E-state index in [4.69, 9.17) is 4.74 Å². The highest BCUT2D eigenvalue weighted by Gasteiger charge is 2.15. The van der Waals surface area contributed by atoms with Gasteiger partial charge in [-0.25, -0.2) is 8.42 Å². The molecule has 0 fully saturated rings. The van der Waals surface area contributed by atoms with Gasteiger partial charge in [-0.1, -0.05) is 12.1 Å². The molecule has 0 unspecified atom stereocenters. The molecule has 0 aliphatic rings. The van der Waals surface area contributed by atoms with Gasteiger partial charge in [-0.05, 0) is 63.6 Å². The molecule has 128 valence electrons. The topological polar surface area (TPSA) is 72.5 Å². The zero-order valence-corrected chi connectivity index (χ0v) is 15.0. The van der Waals surface area contributed by atoms with Crippen molar-refractivity contribution in [1.29, 1.82) is 0 Å². The van der Waals surface area contributed by atoms with Gasteiger partial charge in [0.1, 0.15) is 5.75 Å². The third-order valence-electron chi connectivity index (χ3n) is 3.36. The molecule has 0 heterocycles. The van der Waals surface area contributed by atoms with Gasteiger partial charge in [-0.3, -0.25) is 9.52 Å².